The highest BCUT2D eigenvalue weighted by Gasteiger charge is 2.18. The Labute approximate surface area is 108 Å². The van der Waals surface area contributed by atoms with E-state index in [1.807, 2.05) is 0 Å². The van der Waals surface area contributed by atoms with Gasteiger partial charge in [-0.3, -0.25) is 4.79 Å². The molecule has 1 amide bonds. The molecule has 1 rings (SSSR count). The Bertz CT molecular complexity index is 395. The molecule has 3 nitrogen and oxygen atoms in total. The lowest BCUT2D eigenvalue weighted by Crippen LogP contribution is -2.31. The fourth-order valence-electron chi connectivity index (χ4n) is 1.84. The van der Waals surface area contributed by atoms with Crippen LogP contribution in [-0.4, -0.2) is 11.9 Å². The number of amides is 1. The van der Waals surface area contributed by atoms with Gasteiger partial charge in [-0.1, -0.05) is 20.8 Å². The normalized spacial score (nSPS) is 13.2. The van der Waals surface area contributed by atoms with Gasteiger partial charge in [-0.2, -0.15) is 0 Å². The number of nitrogens with one attached hydrogen (secondary N) is 1. The minimum absolute atomic E-state index is 0.107. The molecular weight excluding hydrogens is 231 g/mol. The summed E-state index contributed by atoms with van der Waals surface area (Å²) in [5.41, 5.74) is 6.61. The first-order valence-electron chi connectivity index (χ1n) is 6.07. The Morgan fingerprint density at radius 1 is 1.33 bits per heavy atom. The lowest BCUT2D eigenvalue weighted by molar-refractivity contribution is -0.116. The number of carbonyl (C=O) groups excluding carboxylic acids is 1. The molecule has 0 saturated carbocycles. The van der Waals surface area contributed by atoms with Crippen LogP contribution in [0.3, 0.4) is 0 Å². The van der Waals surface area contributed by atoms with E-state index in [0.29, 0.717) is 5.69 Å². The number of nitrogens with two attached hydrogens (primary N) is 1. The monoisotopic (exact) mass is 252 g/mol. The van der Waals surface area contributed by atoms with Crippen LogP contribution in [0, 0.1) is 11.2 Å². The molecule has 1 aromatic carbocycles. The number of rotatable bonds is 4. The highest BCUT2D eigenvalue weighted by molar-refractivity contribution is 5.91. The van der Waals surface area contributed by atoms with E-state index < -0.39 is 0 Å². The maximum absolute atomic E-state index is 12.7. The van der Waals surface area contributed by atoms with Crippen molar-refractivity contribution in [2.24, 2.45) is 11.1 Å². The predicted molar refractivity (Wildman–Crippen MR) is 71.7 cm³/mol. The lowest BCUT2D eigenvalue weighted by Gasteiger charge is -2.22. The summed E-state index contributed by atoms with van der Waals surface area (Å²) in [6.45, 7) is 6.26. The van der Waals surface area contributed by atoms with Crippen molar-refractivity contribution in [2.75, 3.05) is 5.32 Å². The molecule has 0 radical (unpaired) electrons. The topological polar surface area (TPSA) is 55.1 Å². The Balaban J connectivity index is 2.44. The molecule has 3 N–H and O–H groups in total. The van der Waals surface area contributed by atoms with Crippen molar-refractivity contribution >= 4 is 11.6 Å². The Hall–Kier alpha value is -1.42. The van der Waals surface area contributed by atoms with E-state index in [0.717, 1.165) is 6.42 Å². The van der Waals surface area contributed by atoms with E-state index in [1.54, 1.807) is 0 Å². The molecule has 1 aromatic rings. The SMILES string of the molecule is CC(C)(C)CC(N)CC(=O)Nc1ccc(F)cc1. The largest absolute Gasteiger partial charge is 0.327 e. The van der Waals surface area contributed by atoms with E-state index in [4.69, 9.17) is 5.73 Å². The standard InChI is InChI=1S/C14H21FN2O/c1-14(2,3)9-11(16)8-13(18)17-12-6-4-10(15)5-7-12/h4-7,11H,8-9,16H2,1-3H3,(H,17,18). The number of benzene rings is 1. The maximum atomic E-state index is 12.7. The lowest BCUT2D eigenvalue weighted by atomic mass is 9.87. The number of hydrogen-bond acceptors (Lipinski definition) is 2. The van der Waals surface area contributed by atoms with Crippen molar-refractivity contribution in [1.82, 2.24) is 0 Å². The third kappa shape index (κ3) is 5.77. The van der Waals surface area contributed by atoms with Gasteiger partial charge >= 0.3 is 0 Å². The summed E-state index contributed by atoms with van der Waals surface area (Å²) in [5, 5.41) is 2.70. The van der Waals surface area contributed by atoms with E-state index in [-0.39, 0.29) is 29.6 Å². The van der Waals surface area contributed by atoms with E-state index in [1.165, 1.54) is 24.3 Å². The van der Waals surface area contributed by atoms with Crippen LogP contribution in [0.2, 0.25) is 0 Å². The minimum Gasteiger partial charge on any atom is -0.327 e. The van der Waals surface area contributed by atoms with Gasteiger partial charge in [0.1, 0.15) is 5.82 Å². The molecule has 0 aliphatic rings. The summed E-state index contributed by atoms with van der Waals surface area (Å²) in [6.07, 6.45) is 1.05. The van der Waals surface area contributed by atoms with Crippen LogP contribution in [0.1, 0.15) is 33.6 Å². The molecule has 4 heteroatoms. The molecule has 0 saturated heterocycles. The Morgan fingerprint density at radius 2 is 1.89 bits per heavy atom. The van der Waals surface area contributed by atoms with Crippen molar-refractivity contribution in [1.29, 1.82) is 0 Å². The Kier molecular flexibility index (Phi) is 4.84. The first-order chi connectivity index (χ1) is 8.26. The van der Waals surface area contributed by atoms with Gasteiger partial charge in [0.15, 0.2) is 0 Å². The zero-order chi connectivity index (χ0) is 13.8. The molecule has 0 heterocycles. The van der Waals surface area contributed by atoms with Gasteiger partial charge in [0.05, 0.1) is 0 Å². The minimum atomic E-state index is -0.322. The summed E-state index contributed by atoms with van der Waals surface area (Å²) in [6, 6.07) is 5.52. The highest BCUT2D eigenvalue weighted by Crippen LogP contribution is 2.21. The van der Waals surface area contributed by atoms with Crippen LogP contribution >= 0.6 is 0 Å². The third-order valence-electron chi connectivity index (χ3n) is 2.45. The molecule has 1 unspecified atom stereocenters. The second kappa shape index (κ2) is 5.96. The van der Waals surface area contributed by atoms with Gasteiger partial charge in [0, 0.05) is 18.2 Å². The summed E-state index contributed by atoms with van der Waals surface area (Å²) in [4.78, 5) is 11.7. The van der Waals surface area contributed by atoms with E-state index in [9.17, 15) is 9.18 Å². The van der Waals surface area contributed by atoms with Gasteiger partial charge < -0.3 is 11.1 Å². The fourth-order valence-corrected chi connectivity index (χ4v) is 1.84. The summed E-state index contributed by atoms with van der Waals surface area (Å²) in [7, 11) is 0. The van der Waals surface area contributed by atoms with Gasteiger partial charge in [-0.25, -0.2) is 4.39 Å². The molecule has 1 atom stereocenters. The fraction of sp³-hybridized carbons (Fsp3) is 0.500. The quantitative estimate of drug-likeness (QED) is 0.865. The molecule has 18 heavy (non-hydrogen) atoms. The average molecular weight is 252 g/mol. The molecule has 0 fully saturated rings. The average Bonchev–Trinajstić information content (AvgIpc) is 2.18. The van der Waals surface area contributed by atoms with Crippen LogP contribution in [0.5, 0.6) is 0 Å². The highest BCUT2D eigenvalue weighted by atomic mass is 19.1. The van der Waals surface area contributed by atoms with Crippen LogP contribution < -0.4 is 11.1 Å². The summed E-state index contributed by atoms with van der Waals surface area (Å²) >= 11 is 0. The van der Waals surface area contributed by atoms with E-state index in [2.05, 4.69) is 26.1 Å². The third-order valence-corrected chi connectivity index (χ3v) is 2.45. The summed E-state index contributed by atoms with van der Waals surface area (Å²) in [5.74, 6) is -0.462. The van der Waals surface area contributed by atoms with Gasteiger partial charge in [-0.15, -0.1) is 0 Å². The van der Waals surface area contributed by atoms with Gasteiger partial charge in [-0.05, 0) is 36.1 Å². The zero-order valence-corrected chi connectivity index (χ0v) is 11.2. The number of hydrogen-bond donors (Lipinski definition) is 2. The first-order valence-corrected chi connectivity index (χ1v) is 6.07. The van der Waals surface area contributed by atoms with Crippen LogP contribution in [0.15, 0.2) is 24.3 Å². The molecule has 0 aromatic heterocycles. The summed E-state index contributed by atoms with van der Waals surface area (Å²) < 4.78 is 12.7. The smallest absolute Gasteiger partial charge is 0.225 e. The van der Waals surface area contributed by atoms with Crippen molar-refractivity contribution in [3.8, 4) is 0 Å². The van der Waals surface area contributed by atoms with Crippen LogP contribution in [0.4, 0.5) is 10.1 Å². The molecule has 0 aliphatic heterocycles. The molecule has 0 aliphatic carbocycles. The van der Waals surface area contributed by atoms with Crippen molar-refractivity contribution in [2.45, 2.75) is 39.7 Å². The van der Waals surface area contributed by atoms with E-state index >= 15 is 0 Å². The van der Waals surface area contributed by atoms with Crippen molar-refractivity contribution in [3.63, 3.8) is 0 Å². The Morgan fingerprint density at radius 3 is 2.39 bits per heavy atom. The second-order valence-electron chi connectivity index (χ2n) is 5.78. The first kappa shape index (κ1) is 14.6. The van der Waals surface area contributed by atoms with Crippen LogP contribution in [0.25, 0.3) is 0 Å². The van der Waals surface area contributed by atoms with Gasteiger partial charge in [0.2, 0.25) is 5.91 Å². The molecule has 0 bridgehead atoms. The number of anilines is 1. The van der Waals surface area contributed by atoms with Crippen molar-refractivity contribution in [3.05, 3.63) is 30.1 Å². The zero-order valence-electron chi connectivity index (χ0n) is 11.2. The number of carbonyl (C=O) groups is 1. The molecule has 100 valence electrons. The molecular formula is C14H21FN2O. The number of halogens is 1. The van der Waals surface area contributed by atoms with Crippen LogP contribution in [-0.2, 0) is 4.79 Å². The predicted octanol–water partition coefficient (Wildman–Crippen LogP) is 2.92. The van der Waals surface area contributed by atoms with Gasteiger partial charge in [0.25, 0.3) is 0 Å². The maximum Gasteiger partial charge on any atom is 0.225 e. The molecule has 0 spiro atoms. The van der Waals surface area contributed by atoms with Crippen molar-refractivity contribution < 1.29 is 9.18 Å². The second-order valence-corrected chi connectivity index (χ2v) is 5.78.